The molecule has 150 valence electrons. The fraction of sp³-hybridized carbons (Fsp3) is 0.667. The maximum absolute atomic E-state index is 12.5. The second-order valence-electron chi connectivity index (χ2n) is 7.51. The highest BCUT2D eigenvalue weighted by atomic mass is 16.5. The Hall–Kier alpha value is -1.79. The fourth-order valence-corrected chi connectivity index (χ4v) is 3.88. The number of amides is 1. The van der Waals surface area contributed by atoms with Crippen molar-refractivity contribution in [1.29, 1.82) is 0 Å². The monoisotopic (exact) mass is 375 g/mol. The highest BCUT2D eigenvalue weighted by molar-refractivity contribution is 5.79. The average Bonchev–Trinajstić information content (AvgIpc) is 2.71. The van der Waals surface area contributed by atoms with Crippen LogP contribution in [0.5, 0.6) is 11.5 Å². The molecule has 0 bridgehead atoms. The van der Waals surface area contributed by atoms with E-state index in [-0.39, 0.29) is 11.8 Å². The van der Waals surface area contributed by atoms with E-state index in [1.807, 2.05) is 18.2 Å². The lowest BCUT2D eigenvalue weighted by atomic mass is 9.96. The number of ether oxygens (including phenoxy) is 2. The first kappa shape index (κ1) is 20.0. The smallest absolute Gasteiger partial charge is 0.226 e. The number of nitrogens with one attached hydrogen (secondary N) is 1. The molecule has 1 atom stereocenters. The summed E-state index contributed by atoms with van der Waals surface area (Å²) in [6.07, 6.45) is 2.93. The molecule has 1 amide bonds. The van der Waals surface area contributed by atoms with E-state index in [0.717, 1.165) is 49.7 Å². The van der Waals surface area contributed by atoms with Gasteiger partial charge in [-0.3, -0.25) is 4.79 Å². The molecule has 1 aromatic carbocycles. The second-order valence-corrected chi connectivity index (χ2v) is 7.51. The van der Waals surface area contributed by atoms with Crippen molar-refractivity contribution in [3.8, 4) is 11.5 Å². The van der Waals surface area contributed by atoms with Crippen molar-refractivity contribution in [3.63, 3.8) is 0 Å². The van der Waals surface area contributed by atoms with Crippen molar-refractivity contribution < 1.29 is 14.3 Å². The Labute approximate surface area is 162 Å². The molecule has 6 nitrogen and oxygen atoms in total. The van der Waals surface area contributed by atoms with Gasteiger partial charge in [0.2, 0.25) is 5.91 Å². The zero-order chi connectivity index (χ0) is 19.1. The number of methoxy groups -OCH3 is 1. The van der Waals surface area contributed by atoms with E-state index in [4.69, 9.17) is 9.47 Å². The molecule has 0 aliphatic carbocycles. The number of fused-ring (bicyclic) bond motifs is 1. The molecule has 0 aromatic heterocycles. The normalized spacial score (nSPS) is 20.6. The van der Waals surface area contributed by atoms with Crippen molar-refractivity contribution in [1.82, 2.24) is 15.1 Å². The van der Waals surface area contributed by atoms with Crippen molar-refractivity contribution in [2.75, 3.05) is 59.5 Å². The molecule has 27 heavy (non-hydrogen) atoms. The first-order valence-electron chi connectivity index (χ1n) is 10.2. The summed E-state index contributed by atoms with van der Waals surface area (Å²) in [6.45, 7) is 10.3. The van der Waals surface area contributed by atoms with E-state index in [1.54, 1.807) is 7.11 Å². The van der Waals surface area contributed by atoms with E-state index >= 15 is 0 Å². The minimum atomic E-state index is -0.123. The Bertz CT molecular complexity index is 615. The summed E-state index contributed by atoms with van der Waals surface area (Å²) in [4.78, 5) is 17.5. The lowest BCUT2D eigenvalue weighted by molar-refractivity contribution is -0.126. The van der Waals surface area contributed by atoms with Gasteiger partial charge in [-0.1, -0.05) is 6.92 Å². The number of nitrogens with zero attached hydrogens (tertiary/aromatic N) is 2. The van der Waals surface area contributed by atoms with Crippen LogP contribution in [0.2, 0.25) is 0 Å². The van der Waals surface area contributed by atoms with Gasteiger partial charge in [-0.2, -0.15) is 0 Å². The zero-order valence-corrected chi connectivity index (χ0v) is 16.7. The largest absolute Gasteiger partial charge is 0.497 e. The highest BCUT2D eigenvalue weighted by Gasteiger charge is 2.26. The van der Waals surface area contributed by atoms with E-state index in [9.17, 15) is 4.79 Å². The van der Waals surface area contributed by atoms with E-state index < -0.39 is 0 Å². The van der Waals surface area contributed by atoms with Crippen LogP contribution in [0.1, 0.15) is 25.3 Å². The zero-order valence-electron chi connectivity index (χ0n) is 16.7. The summed E-state index contributed by atoms with van der Waals surface area (Å²) < 4.78 is 11.0. The highest BCUT2D eigenvalue weighted by Crippen LogP contribution is 2.30. The van der Waals surface area contributed by atoms with E-state index in [0.29, 0.717) is 13.0 Å². The molecular formula is C21H33N3O3. The summed E-state index contributed by atoms with van der Waals surface area (Å²) in [5.41, 5.74) is 1.05. The van der Waals surface area contributed by atoms with E-state index in [1.165, 1.54) is 26.1 Å². The molecule has 0 saturated carbocycles. The molecule has 0 radical (unpaired) electrons. The number of hydrogen-bond acceptors (Lipinski definition) is 5. The van der Waals surface area contributed by atoms with Gasteiger partial charge in [0, 0.05) is 32.7 Å². The number of piperazine rings is 1. The van der Waals surface area contributed by atoms with Crippen molar-refractivity contribution >= 4 is 5.91 Å². The number of carbonyl (C=O) groups is 1. The number of rotatable bonds is 8. The van der Waals surface area contributed by atoms with Gasteiger partial charge in [-0.05, 0) is 56.1 Å². The number of carbonyl (C=O) groups excluding carboxylic acids is 1. The molecule has 2 aliphatic heterocycles. The lowest BCUT2D eigenvalue weighted by Gasteiger charge is -2.34. The van der Waals surface area contributed by atoms with Crippen molar-refractivity contribution in [3.05, 3.63) is 23.8 Å². The van der Waals surface area contributed by atoms with Gasteiger partial charge in [0.25, 0.3) is 0 Å². The van der Waals surface area contributed by atoms with Crippen LogP contribution in [0.3, 0.4) is 0 Å². The minimum absolute atomic E-state index is 0.0937. The summed E-state index contributed by atoms with van der Waals surface area (Å²) >= 11 is 0. The Morgan fingerprint density at radius 1 is 1.22 bits per heavy atom. The van der Waals surface area contributed by atoms with Crippen LogP contribution in [0, 0.1) is 5.92 Å². The fourth-order valence-electron chi connectivity index (χ4n) is 3.88. The topological polar surface area (TPSA) is 54.0 Å². The van der Waals surface area contributed by atoms with E-state index in [2.05, 4.69) is 22.0 Å². The van der Waals surface area contributed by atoms with Gasteiger partial charge in [0.1, 0.15) is 18.1 Å². The average molecular weight is 376 g/mol. The molecule has 3 rings (SSSR count). The number of hydrogen-bond donors (Lipinski definition) is 1. The summed E-state index contributed by atoms with van der Waals surface area (Å²) in [6, 6.07) is 5.77. The van der Waals surface area contributed by atoms with Crippen molar-refractivity contribution in [2.24, 2.45) is 5.92 Å². The standard InChI is InChI=1S/C21H33N3O3/c1-3-8-23-10-12-24(13-11-23)9-4-7-22-21(25)18-14-17-15-19(26-2)5-6-20(17)27-16-18/h5-6,15,18H,3-4,7-14,16H2,1-2H3,(H,22,25). The lowest BCUT2D eigenvalue weighted by Crippen LogP contribution is -2.47. The molecule has 2 aliphatic rings. The Morgan fingerprint density at radius 2 is 1.96 bits per heavy atom. The second kappa shape index (κ2) is 9.95. The molecule has 1 saturated heterocycles. The third-order valence-electron chi connectivity index (χ3n) is 5.50. The van der Waals surface area contributed by atoms with Crippen LogP contribution >= 0.6 is 0 Å². The minimum Gasteiger partial charge on any atom is -0.497 e. The van der Waals surface area contributed by atoms with Gasteiger partial charge < -0.3 is 24.6 Å². The maximum Gasteiger partial charge on any atom is 0.226 e. The van der Waals surface area contributed by atoms with Crippen LogP contribution in [-0.4, -0.2) is 75.2 Å². The predicted octanol–water partition coefficient (Wildman–Crippen LogP) is 1.78. The molecule has 1 aromatic rings. The SMILES string of the molecule is CCCN1CCN(CCCNC(=O)C2COc3ccc(OC)cc3C2)CC1. The first-order chi connectivity index (χ1) is 13.2. The van der Waals surface area contributed by atoms with Crippen LogP contribution < -0.4 is 14.8 Å². The Balaban J connectivity index is 1.35. The van der Waals surface area contributed by atoms with Gasteiger partial charge in [-0.25, -0.2) is 0 Å². The summed E-state index contributed by atoms with van der Waals surface area (Å²) in [7, 11) is 1.65. The van der Waals surface area contributed by atoms with Crippen LogP contribution in [0.4, 0.5) is 0 Å². The van der Waals surface area contributed by atoms with Crippen LogP contribution in [-0.2, 0) is 11.2 Å². The van der Waals surface area contributed by atoms with Gasteiger partial charge >= 0.3 is 0 Å². The first-order valence-corrected chi connectivity index (χ1v) is 10.2. The van der Waals surface area contributed by atoms with Gasteiger partial charge in [0.05, 0.1) is 13.0 Å². The van der Waals surface area contributed by atoms with Gasteiger partial charge in [0.15, 0.2) is 0 Å². The molecule has 1 unspecified atom stereocenters. The molecule has 1 fully saturated rings. The maximum atomic E-state index is 12.5. The van der Waals surface area contributed by atoms with Crippen LogP contribution in [0.25, 0.3) is 0 Å². The van der Waals surface area contributed by atoms with Crippen LogP contribution in [0.15, 0.2) is 18.2 Å². The quantitative estimate of drug-likeness (QED) is 0.702. The Kier molecular flexibility index (Phi) is 7.35. The van der Waals surface area contributed by atoms with Crippen molar-refractivity contribution in [2.45, 2.75) is 26.2 Å². The molecule has 0 spiro atoms. The molecular weight excluding hydrogens is 342 g/mol. The molecule has 2 heterocycles. The molecule has 1 N–H and O–H groups in total. The third-order valence-corrected chi connectivity index (χ3v) is 5.50. The third kappa shape index (κ3) is 5.59. The predicted molar refractivity (Wildman–Crippen MR) is 106 cm³/mol. The number of benzene rings is 1. The Morgan fingerprint density at radius 3 is 2.67 bits per heavy atom. The van der Waals surface area contributed by atoms with Gasteiger partial charge in [-0.15, -0.1) is 0 Å². The summed E-state index contributed by atoms with van der Waals surface area (Å²) in [5, 5.41) is 3.09. The molecule has 6 heteroatoms. The summed E-state index contributed by atoms with van der Waals surface area (Å²) in [5.74, 6) is 1.64.